The normalized spacial score (nSPS) is 11.6. The number of aromatic nitrogens is 3. The molecule has 10 rings (SSSR count). The molecule has 0 radical (unpaired) electrons. The van der Waals surface area contributed by atoms with Gasteiger partial charge in [-0.3, -0.25) is 0 Å². The fourth-order valence-electron chi connectivity index (χ4n) is 7.18. The first kappa shape index (κ1) is 28.6. The van der Waals surface area contributed by atoms with Gasteiger partial charge >= 0.3 is 0 Å². The zero-order valence-corrected chi connectivity index (χ0v) is 27.8. The second-order valence-corrected chi connectivity index (χ2v) is 13.7. The Bertz CT molecular complexity index is 2790. The molecular formula is C46H29N3S. The molecule has 0 fully saturated rings. The maximum Gasteiger partial charge on any atom is 0.160 e. The first-order valence-corrected chi connectivity index (χ1v) is 17.6. The maximum atomic E-state index is 5.09. The zero-order valence-electron chi connectivity index (χ0n) is 27.0. The third-order valence-electron chi connectivity index (χ3n) is 9.65. The molecule has 0 saturated carbocycles. The van der Waals surface area contributed by atoms with Gasteiger partial charge in [-0.2, -0.15) is 0 Å². The Kier molecular flexibility index (Phi) is 6.68. The van der Waals surface area contributed by atoms with Crippen LogP contribution in [0.15, 0.2) is 176 Å². The highest BCUT2D eigenvalue weighted by Crippen LogP contribution is 2.37. The van der Waals surface area contributed by atoms with E-state index in [-0.39, 0.29) is 0 Å². The molecule has 0 aliphatic rings. The van der Waals surface area contributed by atoms with E-state index in [1.54, 1.807) is 0 Å². The number of nitrogens with zero attached hydrogens (tertiary/aromatic N) is 3. The van der Waals surface area contributed by atoms with Gasteiger partial charge in [-0.1, -0.05) is 133 Å². The lowest BCUT2D eigenvalue weighted by molar-refractivity contribution is 1.17. The lowest BCUT2D eigenvalue weighted by Crippen LogP contribution is -1.97. The van der Waals surface area contributed by atoms with Crippen molar-refractivity contribution in [2.24, 2.45) is 0 Å². The molecule has 0 N–H and O–H groups in total. The number of hydrogen-bond acceptors (Lipinski definition) is 3. The van der Waals surface area contributed by atoms with Crippen molar-refractivity contribution in [1.29, 1.82) is 0 Å². The number of hydrogen-bond donors (Lipinski definition) is 0. The molecule has 0 aliphatic carbocycles. The van der Waals surface area contributed by atoms with Crippen molar-refractivity contribution in [1.82, 2.24) is 14.5 Å². The van der Waals surface area contributed by atoms with E-state index >= 15 is 0 Å². The Morgan fingerprint density at radius 1 is 0.360 bits per heavy atom. The van der Waals surface area contributed by atoms with Crippen LogP contribution in [0.25, 0.3) is 92.7 Å². The molecule has 3 heterocycles. The summed E-state index contributed by atoms with van der Waals surface area (Å²) in [5.41, 5.74) is 10.8. The molecule has 234 valence electrons. The van der Waals surface area contributed by atoms with Gasteiger partial charge in [0.15, 0.2) is 5.82 Å². The molecule has 3 nitrogen and oxygen atoms in total. The van der Waals surface area contributed by atoms with E-state index in [9.17, 15) is 0 Å². The van der Waals surface area contributed by atoms with Gasteiger partial charge in [-0.05, 0) is 53.6 Å². The summed E-state index contributed by atoms with van der Waals surface area (Å²) in [4.78, 5) is 10.2. The van der Waals surface area contributed by atoms with E-state index in [0.29, 0.717) is 5.82 Å². The van der Waals surface area contributed by atoms with Gasteiger partial charge in [0.2, 0.25) is 0 Å². The molecule has 10 aromatic rings. The third kappa shape index (κ3) is 4.80. The van der Waals surface area contributed by atoms with Crippen molar-refractivity contribution in [3.8, 4) is 50.7 Å². The molecule has 0 spiro atoms. The summed E-state index contributed by atoms with van der Waals surface area (Å²) in [5, 5.41) is 5.15. The highest BCUT2D eigenvalue weighted by Gasteiger charge is 2.14. The lowest BCUT2D eigenvalue weighted by atomic mass is 10.0. The van der Waals surface area contributed by atoms with E-state index < -0.39 is 0 Å². The predicted molar refractivity (Wildman–Crippen MR) is 211 cm³/mol. The quantitative estimate of drug-likeness (QED) is 0.185. The van der Waals surface area contributed by atoms with Crippen LogP contribution in [0.5, 0.6) is 0 Å². The summed E-state index contributed by atoms with van der Waals surface area (Å²) in [6.45, 7) is 0. The van der Waals surface area contributed by atoms with Crippen LogP contribution in [0.4, 0.5) is 0 Å². The Morgan fingerprint density at radius 3 is 1.56 bits per heavy atom. The zero-order chi connectivity index (χ0) is 33.0. The van der Waals surface area contributed by atoms with Gasteiger partial charge in [0.05, 0.1) is 22.4 Å². The second-order valence-electron chi connectivity index (χ2n) is 12.6. The topological polar surface area (TPSA) is 30.7 Å². The number of thiophene rings is 1. The summed E-state index contributed by atoms with van der Waals surface area (Å²) in [7, 11) is 0. The van der Waals surface area contributed by atoms with Crippen LogP contribution >= 0.6 is 11.3 Å². The molecule has 3 aromatic heterocycles. The fourth-order valence-corrected chi connectivity index (χ4v) is 8.33. The Labute approximate surface area is 293 Å². The van der Waals surface area contributed by atoms with E-state index in [4.69, 9.17) is 9.97 Å². The minimum Gasteiger partial charge on any atom is -0.309 e. The van der Waals surface area contributed by atoms with E-state index in [1.807, 2.05) is 29.5 Å². The second kappa shape index (κ2) is 11.7. The van der Waals surface area contributed by atoms with E-state index in [0.717, 1.165) is 33.8 Å². The maximum absolute atomic E-state index is 5.09. The van der Waals surface area contributed by atoms with Crippen molar-refractivity contribution in [3.63, 3.8) is 0 Å². The molecule has 0 aliphatic heterocycles. The van der Waals surface area contributed by atoms with Crippen LogP contribution < -0.4 is 0 Å². The average Bonchev–Trinajstić information content (AvgIpc) is 3.74. The molecule has 0 amide bonds. The van der Waals surface area contributed by atoms with E-state index in [2.05, 4.69) is 162 Å². The monoisotopic (exact) mass is 655 g/mol. The van der Waals surface area contributed by atoms with Crippen LogP contribution in [0, 0.1) is 0 Å². The van der Waals surface area contributed by atoms with Crippen LogP contribution in [0.1, 0.15) is 0 Å². The van der Waals surface area contributed by atoms with Gasteiger partial charge in [0.1, 0.15) is 0 Å². The number of rotatable bonds is 5. The SMILES string of the molecule is c1ccc(-c2nc(-c3ccc(-c4ccc5c(c4)sc4ccccc45)cc3)cc(-c3ccc(-n4c5ccccc5c5ccccc54)cc3)n2)cc1. The molecule has 50 heavy (non-hydrogen) atoms. The molecule has 7 aromatic carbocycles. The average molecular weight is 656 g/mol. The van der Waals surface area contributed by atoms with Crippen molar-refractivity contribution in [3.05, 3.63) is 176 Å². The number of para-hydroxylation sites is 2. The summed E-state index contributed by atoms with van der Waals surface area (Å²) < 4.78 is 4.98. The van der Waals surface area contributed by atoms with Gasteiger partial charge in [0, 0.05) is 53.3 Å². The van der Waals surface area contributed by atoms with Crippen molar-refractivity contribution < 1.29 is 0 Å². The standard InChI is InChI=1S/C46H29N3S/c1-2-10-33(11-3-1)46-47-40(31-20-18-30(19-21-31)34-24-27-39-38-14-6-9-17-44(38)50-45(39)28-34)29-41(48-46)32-22-25-35(26-23-32)49-42-15-7-4-12-36(42)37-13-5-8-16-43(37)49/h1-29H. The van der Waals surface area contributed by atoms with Gasteiger partial charge in [-0.25, -0.2) is 9.97 Å². The smallest absolute Gasteiger partial charge is 0.160 e. The molecular weight excluding hydrogens is 627 g/mol. The van der Waals surface area contributed by atoms with Gasteiger partial charge < -0.3 is 4.57 Å². The molecule has 0 saturated heterocycles. The Balaban J connectivity index is 1.04. The minimum absolute atomic E-state index is 0.712. The van der Waals surface area contributed by atoms with Crippen LogP contribution in [-0.4, -0.2) is 14.5 Å². The first-order chi connectivity index (χ1) is 24.8. The first-order valence-electron chi connectivity index (χ1n) is 16.8. The van der Waals surface area contributed by atoms with Gasteiger partial charge in [0.25, 0.3) is 0 Å². The van der Waals surface area contributed by atoms with Crippen molar-refractivity contribution in [2.75, 3.05) is 0 Å². The highest BCUT2D eigenvalue weighted by atomic mass is 32.1. The molecule has 0 atom stereocenters. The number of fused-ring (bicyclic) bond motifs is 6. The summed E-state index contributed by atoms with van der Waals surface area (Å²) >= 11 is 1.85. The van der Waals surface area contributed by atoms with Crippen LogP contribution in [0.2, 0.25) is 0 Å². The minimum atomic E-state index is 0.712. The predicted octanol–water partition coefficient (Wildman–Crippen LogP) is 12.6. The van der Waals surface area contributed by atoms with Crippen LogP contribution in [-0.2, 0) is 0 Å². The van der Waals surface area contributed by atoms with Crippen LogP contribution in [0.3, 0.4) is 0 Å². The van der Waals surface area contributed by atoms with E-state index in [1.165, 1.54) is 53.1 Å². The largest absolute Gasteiger partial charge is 0.309 e. The summed E-state index contributed by atoms with van der Waals surface area (Å²) in [6.07, 6.45) is 0. The molecule has 4 heteroatoms. The van der Waals surface area contributed by atoms with Crippen molar-refractivity contribution in [2.45, 2.75) is 0 Å². The summed E-state index contributed by atoms with van der Waals surface area (Å²) in [6, 6.07) is 62.5. The summed E-state index contributed by atoms with van der Waals surface area (Å²) in [5.74, 6) is 0.712. The lowest BCUT2D eigenvalue weighted by Gasteiger charge is -2.12. The Hall–Kier alpha value is -6.36. The molecule has 0 unspecified atom stereocenters. The van der Waals surface area contributed by atoms with Gasteiger partial charge in [-0.15, -0.1) is 11.3 Å². The Morgan fingerprint density at radius 2 is 0.880 bits per heavy atom. The third-order valence-corrected chi connectivity index (χ3v) is 10.8. The highest BCUT2D eigenvalue weighted by molar-refractivity contribution is 7.25. The molecule has 0 bridgehead atoms. The van der Waals surface area contributed by atoms with Crippen molar-refractivity contribution >= 4 is 53.3 Å². The number of benzene rings is 7. The fraction of sp³-hybridized carbons (Fsp3) is 0.